The first-order valence-corrected chi connectivity index (χ1v) is 10.9. The van der Waals surface area contributed by atoms with Crippen molar-refractivity contribution in [2.45, 2.75) is 25.8 Å². The van der Waals surface area contributed by atoms with Crippen LogP contribution in [0.4, 0.5) is 10.1 Å². The maximum atomic E-state index is 13.4. The standard InChI is InChI=1S/C26H24FN3O2/c1-2-32-24-10-6-5-9-23(24)29-17-19(15-25(29)31)26-28-21-7-3-4-8-22(21)30(26)16-18-11-13-20(27)14-12-18/h3-14,19H,2,15-17H2,1H3. The van der Waals surface area contributed by atoms with E-state index in [0.29, 0.717) is 31.9 Å². The number of nitrogens with zero attached hydrogens (tertiary/aromatic N) is 3. The lowest BCUT2D eigenvalue weighted by Gasteiger charge is -2.20. The Labute approximate surface area is 186 Å². The Hall–Kier alpha value is -3.67. The van der Waals surface area contributed by atoms with Gasteiger partial charge in [0.1, 0.15) is 17.4 Å². The number of ether oxygens (including phenoxy) is 1. The fourth-order valence-electron chi connectivity index (χ4n) is 4.42. The lowest BCUT2D eigenvalue weighted by Crippen LogP contribution is -2.25. The number of para-hydroxylation sites is 4. The summed E-state index contributed by atoms with van der Waals surface area (Å²) in [4.78, 5) is 19.7. The number of carbonyl (C=O) groups excluding carboxylic acids is 1. The molecule has 0 N–H and O–H groups in total. The highest BCUT2D eigenvalue weighted by Gasteiger charge is 2.36. The molecule has 1 aliphatic heterocycles. The zero-order valence-electron chi connectivity index (χ0n) is 17.9. The largest absolute Gasteiger partial charge is 0.492 e. The SMILES string of the molecule is CCOc1ccccc1N1CC(c2nc3ccccc3n2Cc2ccc(F)cc2)CC1=O. The van der Waals surface area contributed by atoms with E-state index in [0.717, 1.165) is 28.1 Å². The fraction of sp³-hybridized carbons (Fsp3) is 0.231. The number of hydrogen-bond donors (Lipinski definition) is 0. The van der Waals surface area contributed by atoms with Gasteiger partial charge in [0.25, 0.3) is 0 Å². The predicted molar refractivity (Wildman–Crippen MR) is 123 cm³/mol. The van der Waals surface area contributed by atoms with Crippen LogP contribution >= 0.6 is 0 Å². The smallest absolute Gasteiger partial charge is 0.227 e. The van der Waals surface area contributed by atoms with Gasteiger partial charge in [-0.05, 0) is 48.9 Å². The summed E-state index contributed by atoms with van der Waals surface area (Å²) in [7, 11) is 0. The molecule has 6 heteroatoms. The second-order valence-electron chi connectivity index (χ2n) is 7.98. The summed E-state index contributed by atoms with van der Waals surface area (Å²) in [5.74, 6) is 1.34. The minimum absolute atomic E-state index is 0.0509. The maximum Gasteiger partial charge on any atom is 0.227 e. The Morgan fingerprint density at radius 2 is 1.78 bits per heavy atom. The van der Waals surface area contributed by atoms with Crippen molar-refractivity contribution in [2.75, 3.05) is 18.1 Å². The van der Waals surface area contributed by atoms with E-state index in [1.54, 1.807) is 17.0 Å². The Morgan fingerprint density at radius 1 is 1.03 bits per heavy atom. The molecule has 1 unspecified atom stereocenters. The fourth-order valence-corrected chi connectivity index (χ4v) is 4.42. The minimum Gasteiger partial charge on any atom is -0.492 e. The molecule has 0 bridgehead atoms. The summed E-state index contributed by atoms with van der Waals surface area (Å²) in [6.07, 6.45) is 0.382. The van der Waals surface area contributed by atoms with Gasteiger partial charge in [-0.15, -0.1) is 0 Å². The average molecular weight is 429 g/mol. The van der Waals surface area contributed by atoms with Crippen LogP contribution in [0.2, 0.25) is 0 Å². The summed E-state index contributed by atoms with van der Waals surface area (Å²) in [6, 6.07) is 22.1. The van der Waals surface area contributed by atoms with E-state index in [9.17, 15) is 9.18 Å². The van der Waals surface area contributed by atoms with Crippen LogP contribution in [0.3, 0.4) is 0 Å². The summed E-state index contributed by atoms with van der Waals surface area (Å²) < 4.78 is 21.3. The molecule has 0 saturated carbocycles. The van der Waals surface area contributed by atoms with Crippen LogP contribution in [-0.2, 0) is 11.3 Å². The molecule has 4 aromatic rings. The van der Waals surface area contributed by atoms with E-state index in [2.05, 4.69) is 4.57 Å². The third kappa shape index (κ3) is 3.73. The highest BCUT2D eigenvalue weighted by molar-refractivity contribution is 5.97. The summed E-state index contributed by atoms with van der Waals surface area (Å²) in [5.41, 5.74) is 3.68. The molecule has 1 atom stereocenters. The van der Waals surface area contributed by atoms with Crippen LogP contribution < -0.4 is 9.64 Å². The molecular weight excluding hydrogens is 405 g/mol. The van der Waals surface area contributed by atoms with Gasteiger partial charge in [0.2, 0.25) is 5.91 Å². The van der Waals surface area contributed by atoms with Crippen LogP contribution in [-0.4, -0.2) is 28.6 Å². The number of halogens is 1. The number of carbonyl (C=O) groups is 1. The Morgan fingerprint density at radius 3 is 2.59 bits per heavy atom. The summed E-state index contributed by atoms with van der Waals surface area (Å²) in [6.45, 7) is 3.57. The predicted octanol–water partition coefficient (Wildman–Crippen LogP) is 5.14. The van der Waals surface area contributed by atoms with Crippen molar-refractivity contribution in [3.8, 4) is 5.75 Å². The number of anilines is 1. The second-order valence-corrected chi connectivity index (χ2v) is 7.98. The van der Waals surface area contributed by atoms with Gasteiger partial charge in [-0.1, -0.05) is 36.4 Å². The van der Waals surface area contributed by atoms with Crippen LogP contribution in [0.5, 0.6) is 5.75 Å². The van der Waals surface area contributed by atoms with Gasteiger partial charge in [0.15, 0.2) is 0 Å². The molecule has 5 nitrogen and oxygen atoms in total. The van der Waals surface area contributed by atoms with E-state index in [4.69, 9.17) is 9.72 Å². The van der Waals surface area contributed by atoms with Crippen LogP contribution in [0.15, 0.2) is 72.8 Å². The third-order valence-electron chi connectivity index (χ3n) is 5.88. The first kappa shape index (κ1) is 20.2. The quantitative estimate of drug-likeness (QED) is 0.426. The first-order valence-electron chi connectivity index (χ1n) is 10.9. The van der Waals surface area contributed by atoms with Crippen molar-refractivity contribution in [1.82, 2.24) is 9.55 Å². The van der Waals surface area contributed by atoms with Crippen molar-refractivity contribution in [3.05, 3.63) is 90.0 Å². The molecule has 1 aromatic heterocycles. The molecule has 32 heavy (non-hydrogen) atoms. The van der Waals surface area contributed by atoms with Crippen LogP contribution in [0.25, 0.3) is 11.0 Å². The first-order chi connectivity index (χ1) is 15.6. The van der Waals surface area contributed by atoms with Crippen molar-refractivity contribution < 1.29 is 13.9 Å². The molecule has 0 radical (unpaired) electrons. The van der Waals surface area contributed by atoms with Crippen molar-refractivity contribution >= 4 is 22.6 Å². The zero-order valence-corrected chi connectivity index (χ0v) is 17.9. The van der Waals surface area contributed by atoms with Gasteiger partial charge in [-0.25, -0.2) is 9.37 Å². The van der Waals surface area contributed by atoms with Crippen molar-refractivity contribution in [3.63, 3.8) is 0 Å². The molecule has 3 aromatic carbocycles. The number of rotatable bonds is 6. The van der Waals surface area contributed by atoms with E-state index in [1.807, 2.05) is 55.5 Å². The molecule has 0 spiro atoms. The Balaban J connectivity index is 1.51. The van der Waals surface area contributed by atoms with Gasteiger partial charge in [-0.3, -0.25) is 4.79 Å². The van der Waals surface area contributed by atoms with Gasteiger partial charge in [-0.2, -0.15) is 0 Å². The molecule has 0 aliphatic carbocycles. The van der Waals surface area contributed by atoms with Crippen LogP contribution in [0, 0.1) is 5.82 Å². The number of imidazole rings is 1. The molecule has 1 saturated heterocycles. The van der Waals surface area contributed by atoms with Gasteiger partial charge in [0, 0.05) is 25.4 Å². The topological polar surface area (TPSA) is 47.4 Å². The monoisotopic (exact) mass is 429 g/mol. The third-order valence-corrected chi connectivity index (χ3v) is 5.88. The zero-order chi connectivity index (χ0) is 22.1. The molecule has 5 rings (SSSR count). The normalized spacial score (nSPS) is 16.1. The van der Waals surface area contributed by atoms with Gasteiger partial charge in [0.05, 0.1) is 23.3 Å². The minimum atomic E-state index is -0.255. The van der Waals surface area contributed by atoms with E-state index in [-0.39, 0.29) is 17.6 Å². The molecule has 2 heterocycles. The van der Waals surface area contributed by atoms with Gasteiger partial charge >= 0.3 is 0 Å². The van der Waals surface area contributed by atoms with Crippen LogP contribution in [0.1, 0.15) is 30.7 Å². The number of hydrogen-bond acceptors (Lipinski definition) is 3. The summed E-state index contributed by atoms with van der Waals surface area (Å²) in [5, 5.41) is 0. The number of aromatic nitrogens is 2. The number of amides is 1. The number of benzene rings is 3. The molecular formula is C26H24FN3O2. The van der Waals surface area contributed by atoms with Crippen molar-refractivity contribution in [2.24, 2.45) is 0 Å². The molecule has 1 amide bonds. The van der Waals surface area contributed by atoms with Gasteiger partial charge < -0.3 is 14.2 Å². The summed E-state index contributed by atoms with van der Waals surface area (Å²) >= 11 is 0. The number of fused-ring (bicyclic) bond motifs is 1. The lowest BCUT2D eigenvalue weighted by atomic mass is 10.1. The molecule has 1 fully saturated rings. The second kappa shape index (κ2) is 8.46. The Bertz CT molecular complexity index is 1270. The Kier molecular flexibility index (Phi) is 5.35. The maximum absolute atomic E-state index is 13.4. The average Bonchev–Trinajstić information content (AvgIpc) is 3.36. The lowest BCUT2D eigenvalue weighted by molar-refractivity contribution is -0.117. The highest BCUT2D eigenvalue weighted by Crippen LogP contribution is 2.37. The van der Waals surface area contributed by atoms with E-state index < -0.39 is 0 Å². The van der Waals surface area contributed by atoms with E-state index in [1.165, 1.54) is 12.1 Å². The van der Waals surface area contributed by atoms with Crippen molar-refractivity contribution in [1.29, 1.82) is 0 Å². The van der Waals surface area contributed by atoms with E-state index >= 15 is 0 Å². The highest BCUT2D eigenvalue weighted by atomic mass is 19.1. The molecule has 1 aliphatic rings. The molecule has 162 valence electrons.